The van der Waals surface area contributed by atoms with Crippen molar-refractivity contribution in [3.63, 3.8) is 0 Å². The van der Waals surface area contributed by atoms with E-state index < -0.39 is 11.6 Å². The summed E-state index contributed by atoms with van der Waals surface area (Å²) in [6.07, 6.45) is 2.92. The highest BCUT2D eigenvalue weighted by atomic mass is 16.6. The normalized spacial score (nSPS) is 30.9. The van der Waals surface area contributed by atoms with Crippen molar-refractivity contribution in [2.75, 3.05) is 6.54 Å². The first-order chi connectivity index (χ1) is 8.78. The van der Waals surface area contributed by atoms with Gasteiger partial charge < -0.3 is 14.7 Å². The maximum Gasteiger partial charge on any atom is 0.410 e. The molecule has 2 aliphatic rings. The Morgan fingerprint density at radius 3 is 2.53 bits per heavy atom. The van der Waals surface area contributed by atoms with Crippen LogP contribution in [0.3, 0.4) is 0 Å². The number of carboxylic acid groups (broad SMARTS) is 1. The molecule has 19 heavy (non-hydrogen) atoms. The van der Waals surface area contributed by atoms with E-state index in [9.17, 15) is 9.59 Å². The fraction of sp³-hybridized carbons (Fsp3) is 0.857. The minimum atomic E-state index is -0.737. The zero-order valence-corrected chi connectivity index (χ0v) is 11.9. The third-order valence-electron chi connectivity index (χ3n) is 4.01. The first-order valence-electron chi connectivity index (χ1n) is 7.00. The second-order valence-corrected chi connectivity index (χ2v) is 6.65. The van der Waals surface area contributed by atoms with Crippen LogP contribution >= 0.6 is 0 Å². The van der Waals surface area contributed by atoms with Gasteiger partial charge in [-0.15, -0.1) is 0 Å². The Bertz CT molecular complexity index is 374. The molecular weight excluding hydrogens is 246 g/mol. The summed E-state index contributed by atoms with van der Waals surface area (Å²) >= 11 is 0. The molecule has 0 spiro atoms. The molecule has 3 atom stereocenters. The number of carbonyl (C=O) groups excluding carboxylic acids is 1. The van der Waals surface area contributed by atoms with Gasteiger partial charge in [-0.1, -0.05) is 0 Å². The van der Waals surface area contributed by atoms with Gasteiger partial charge in [0.05, 0.1) is 5.92 Å². The topological polar surface area (TPSA) is 66.8 Å². The number of piperidine rings is 1. The summed E-state index contributed by atoms with van der Waals surface area (Å²) in [5.74, 6) is -0.723. The van der Waals surface area contributed by atoms with Gasteiger partial charge in [-0.3, -0.25) is 4.79 Å². The molecular formula is C14H23NO4. The Morgan fingerprint density at radius 1 is 1.26 bits per heavy atom. The molecule has 0 aromatic heterocycles. The number of carboxylic acids is 1. The molecule has 3 unspecified atom stereocenters. The van der Waals surface area contributed by atoms with E-state index in [-0.39, 0.29) is 18.1 Å². The predicted octanol–water partition coefficient (Wildman–Crippen LogP) is 2.50. The van der Waals surface area contributed by atoms with Gasteiger partial charge in [-0.25, -0.2) is 4.79 Å². The van der Waals surface area contributed by atoms with Gasteiger partial charge in [0.15, 0.2) is 0 Å². The highest BCUT2D eigenvalue weighted by molar-refractivity contribution is 5.72. The summed E-state index contributed by atoms with van der Waals surface area (Å²) in [6.45, 7) is 6.23. The van der Waals surface area contributed by atoms with Crippen LogP contribution in [0, 0.1) is 11.8 Å². The molecule has 2 rings (SSSR count). The highest BCUT2D eigenvalue weighted by Gasteiger charge is 2.45. The molecule has 1 saturated carbocycles. The van der Waals surface area contributed by atoms with Crippen LogP contribution in [0.2, 0.25) is 0 Å². The van der Waals surface area contributed by atoms with E-state index in [0.717, 1.165) is 12.8 Å². The molecule has 108 valence electrons. The first kappa shape index (κ1) is 14.2. The Labute approximate surface area is 113 Å². The summed E-state index contributed by atoms with van der Waals surface area (Å²) < 4.78 is 5.42. The number of aliphatic carboxylic acids is 1. The van der Waals surface area contributed by atoms with Crippen LogP contribution in [0.4, 0.5) is 4.79 Å². The van der Waals surface area contributed by atoms with Crippen LogP contribution in [0.5, 0.6) is 0 Å². The van der Waals surface area contributed by atoms with Crippen LogP contribution in [-0.2, 0) is 9.53 Å². The Morgan fingerprint density at radius 2 is 1.95 bits per heavy atom. The lowest BCUT2D eigenvalue weighted by molar-refractivity contribution is -0.141. The van der Waals surface area contributed by atoms with Crippen LogP contribution in [0.15, 0.2) is 0 Å². The number of fused-ring (bicyclic) bond motifs is 1. The maximum atomic E-state index is 12.2. The van der Waals surface area contributed by atoms with Crippen molar-refractivity contribution in [2.45, 2.75) is 58.1 Å². The lowest BCUT2D eigenvalue weighted by Crippen LogP contribution is -2.48. The summed E-state index contributed by atoms with van der Waals surface area (Å²) in [7, 11) is 0. The van der Waals surface area contributed by atoms with Crippen molar-refractivity contribution >= 4 is 12.1 Å². The lowest BCUT2D eigenvalue weighted by Gasteiger charge is -2.38. The van der Waals surface area contributed by atoms with E-state index in [1.807, 2.05) is 20.8 Å². The molecule has 1 heterocycles. The van der Waals surface area contributed by atoms with Gasteiger partial charge in [0, 0.05) is 12.6 Å². The number of carbonyl (C=O) groups is 2. The SMILES string of the molecule is CC(C)(C)OC(=O)N1CCCC2CC(C(=O)O)CC21. The fourth-order valence-electron chi connectivity index (χ4n) is 3.23. The molecule has 1 aliphatic heterocycles. The third kappa shape index (κ3) is 3.19. The highest BCUT2D eigenvalue weighted by Crippen LogP contribution is 2.40. The molecule has 0 aromatic carbocycles. The van der Waals surface area contributed by atoms with Gasteiger partial charge in [-0.05, 0) is 52.4 Å². The maximum absolute atomic E-state index is 12.2. The minimum Gasteiger partial charge on any atom is -0.481 e. The molecule has 1 amide bonds. The summed E-state index contributed by atoms with van der Waals surface area (Å²) in [4.78, 5) is 25.1. The number of hydrogen-bond donors (Lipinski definition) is 1. The number of nitrogens with zero attached hydrogens (tertiary/aromatic N) is 1. The van der Waals surface area contributed by atoms with Crippen LogP contribution in [0.25, 0.3) is 0 Å². The van der Waals surface area contributed by atoms with Gasteiger partial charge in [0.1, 0.15) is 5.60 Å². The largest absolute Gasteiger partial charge is 0.481 e. The van der Waals surface area contributed by atoms with Crippen LogP contribution < -0.4 is 0 Å². The lowest BCUT2D eigenvalue weighted by atomic mass is 9.92. The number of rotatable bonds is 1. The minimum absolute atomic E-state index is 0.0460. The molecule has 0 radical (unpaired) electrons. The molecule has 1 saturated heterocycles. The van der Waals surface area contributed by atoms with Gasteiger partial charge in [0.2, 0.25) is 0 Å². The zero-order chi connectivity index (χ0) is 14.2. The third-order valence-corrected chi connectivity index (χ3v) is 4.01. The van der Waals surface area contributed by atoms with Crippen molar-refractivity contribution in [1.29, 1.82) is 0 Å². The quantitative estimate of drug-likeness (QED) is 0.794. The number of hydrogen-bond acceptors (Lipinski definition) is 3. The first-order valence-corrected chi connectivity index (χ1v) is 7.00. The van der Waals surface area contributed by atoms with E-state index in [0.29, 0.717) is 25.3 Å². The summed E-state index contributed by atoms with van der Waals surface area (Å²) in [6, 6.07) is 0.0460. The number of amides is 1. The molecule has 1 aliphatic carbocycles. The van der Waals surface area contributed by atoms with E-state index >= 15 is 0 Å². The number of ether oxygens (including phenoxy) is 1. The molecule has 2 fully saturated rings. The second kappa shape index (κ2) is 5.02. The molecule has 5 heteroatoms. The molecule has 5 nitrogen and oxygen atoms in total. The average Bonchev–Trinajstić information content (AvgIpc) is 2.69. The molecule has 1 N–H and O–H groups in total. The summed E-state index contributed by atoms with van der Waals surface area (Å²) in [5, 5.41) is 9.14. The Balaban J connectivity index is 2.05. The van der Waals surface area contributed by atoms with E-state index in [2.05, 4.69) is 0 Å². The van der Waals surface area contributed by atoms with Crippen molar-refractivity contribution in [3.05, 3.63) is 0 Å². The van der Waals surface area contributed by atoms with Gasteiger partial charge in [0.25, 0.3) is 0 Å². The summed E-state index contributed by atoms with van der Waals surface area (Å²) in [5.41, 5.74) is -0.505. The standard InChI is InChI=1S/C14H23NO4/c1-14(2,3)19-13(18)15-6-4-5-9-7-10(12(16)17)8-11(9)15/h9-11H,4-8H2,1-3H3,(H,16,17). The zero-order valence-electron chi connectivity index (χ0n) is 11.9. The average molecular weight is 269 g/mol. The smallest absolute Gasteiger partial charge is 0.410 e. The number of likely N-dealkylation sites (tertiary alicyclic amines) is 1. The van der Waals surface area contributed by atoms with Crippen molar-refractivity contribution in [3.8, 4) is 0 Å². The van der Waals surface area contributed by atoms with Crippen molar-refractivity contribution in [1.82, 2.24) is 4.90 Å². The molecule has 0 bridgehead atoms. The van der Waals surface area contributed by atoms with Crippen molar-refractivity contribution in [2.24, 2.45) is 11.8 Å². The van der Waals surface area contributed by atoms with Gasteiger partial charge in [-0.2, -0.15) is 0 Å². The monoisotopic (exact) mass is 269 g/mol. The van der Waals surface area contributed by atoms with Gasteiger partial charge >= 0.3 is 12.1 Å². The van der Waals surface area contributed by atoms with Crippen LogP contribution in [-0.4, -0.2) is 40.3 Å². The van der Waals surface area contributed by atoms with Crippen molar-refractivity contribution < 1.29 is 19.4 Å². The Hall–Kier alpha value is -1.26. The van der Waals surface area contributed by atoms with E-state index in [1.165, 1.54) is 0 Å². The Kier molecular flexibility index (Phi) is 3.74. The van der Waals surface area contributed by atoms with E-state index in [4.69, 9.17) is 9.84 Å². The molecule has 0 aromatic rings. The fourth-order valence-corrected chi connectivity index (χ4v) is 3.23. The van der Waals surface area contributed by atoms with Crippen LogP contribution in [0.1, 0.15) is 46.5 Å². The van der Waals surface area contributed by atoms with E-state index in [1.54, 1.807) is 4.90 Å². The second-order valence-electron chi connectivity index (χ2n) is 6.65. The predicted molar refractivity (Wildman–Crippen MR) is 69.8 cm³/mol.